The summed E-state index contributed by atoms with van der Waals surface area (Å²) in [5, 5.41) is 14.4. The highest BCUT2D eigenvalue weighted by Crippen LogP contribution is 2.36. The average molecular weight is 1130 g/mol. The lowest BCUT2D eigenvalue weighted by atomic mass is 9.82. The van der Waals surface area contributed by atoms with Crippen LogP contribution in [-0.4, -0.2) is 73.4 Å². The second-order valence-corrected chi connectivity index (χ2v) is 21.0. The molecule has 7 rings (SSSR count). The highest BCUT2D eigenvalue weighted by atomic mass is 32.1. The number of anilines is 1. The molecule has 428 valence electrons. The Balaban J connectivity index is 0.890. The molecule has 17 nitrogen and oxygen atoms in total. The number of aromatic nitrogens is 1. The second-order valence-electron chi connectivity index (χ2n) is 20.0. The molecule has 0 unspecified atom stereocenters. The summed E-state index contributed by atoms with van der Waals surface area (Å²) < 4.78 is 46.3. The van der Waals surface area contributed by atoms with Gasteiger partial charge >= 0.3 is 29.8 Å². The topological polar surface area (TPSA) is 212 Å². The van der Waals surface area contributed by atoms with Crippen molar-refractivity contribution in [1.29, 1.82) is 5.41 Å². The summed E-state index contributed by atoms with van der Waals surface area (Å²) in [6, 6.07) is 26.3. The molecule has 0 amide bonds. The van der Waals surface area contributed by atoms with E-state index in [-0.39, 0.29) is 41.2 Å². The molecule has 0 radical (unpaired) electrons. The molecule has 4 aromatic carbocycles. The van der Waals surface area contributed by atoms with Crippen molar-refractivity contribution < 1.29 is 61.9 Å². The molecule has 2 aliphatic rings. The van der Waals surface area contributed by atoms with Gasteiger partial charge in [-0.3, -0.25) is 24.6 Å². The van der Waals surface area contributed by atoms with Crippen LogP contribution in [0.3, 0.4) is 0 Å². The highest BCUT2D eigenvalue weighted by Gasteiger charge is 2.34. The third-order valence-electron chi connectivity index (χ3n) is 13.9. The van der Waals surface area contributed by atoms with Crippen molar-refractivity contribution in [2.24, 2.45) is 28.8 Å². The van der Waals surface area contributed by atoms with E-state index in [4.69, 9.17) is 53.4 Å². The van der Waals surface area contributed by atoms with Gasteiger partial charge in [-0.15, -0.1) is 0 Å². The molecule has 0 aliphatic heterocycles. The first kappa shape index (κ1) is 60.5. The van der Waals surface area contributed by atoms with Crippen molar-refractivity contribution in [2.45, 2.75) is 110 Å². The number of carbonyl (C=O) groups is 5. The van der Waals surface area contributed by atoms with Crippen LogP contribution >= 0.6 is 11.3 Å². The molecule has 5 aromatic rings. The van der Waals surface area contributed by atoms with Crippen LogP contribution in [0.25, 0.3) is 10.2 Å². The van der Waals surface area contributed by atoms with Gasteiger partial charge in [-0.1, -0.05) is 43.2 Å². The van der Waals surface area contributed by atoms with Crippen LogP contribution in [0.4, 0.5) is 5.13 Å². The minimum absolute atomic E-state index is 0.0841. The van der Waals surface area contributed by atoms with Crippen LogP contribution in [0, 0.1) is 29.1 Å². The Bertz CT molecular complexity index is 2940. The molecule has 0 bridgehead atoms. The van der Waals surface area contributed by atoms with E-state index in [0.29, 0.717) is 117 Å². The van der Waals surface area contributed by atoms with E-state index in [1.807, 2.05) is 24.3 Å². The molecule has 0 spiro atoms. The van der Waals surface area contributed by atoms with E-state index >= 15 is 0 Å². The van der Waals surface area contributed by atoms with Gasteiger partial charge in [0.1, 0.15) is 34.5 Å². The van der Waals surface area contributed by atoms with Crippen molar-refractivity contribution in [1.82, 2.24) is 4.98 Å². The van der Waals surface area contributed by atoms with E-state index < -0.39 is 29.7 Å². The first-order valence-corrected chi connectivity index (χ1v) is 28.6. The monoisotopic (exact) mass is 1120 g/mol. The average Bonchev–Trinajstić information content (AvgIpc) is 3.96. The summed E-state index contributed by atoms with van der Waals surface area (Å²) in [5.74, 6) is -1.06. The Morgan fingerprint density at radius 1 is 0.580 bits per heavy atom. The number of nitrogens with zero attached hydrogens (tertiary/aromatic N) is 3. The van der Waals surface area contributed by atoms with Crippen LogP contribution in [0.2, 0.25) is 0 Å². The smallest absolute Gasteiger partial charge is 0.330 e. The number of nitrogens with one attached hydrogen (secondary N) is 1. The number of esters is 5. The minimum Gasteiger partial charge on any atom is -0.494 e. The van der Waals surface area contributed by atoms with E-state index in [1.54, 1.807) is 78.7 Å². The molecule has 81 heavy (non-hydrogen) atoms. The molecule has 0 atom stereocenters. The number of allylic oxidation sites excluding steroid dienone is 1. The third-order valence-corrected chi connectivity index (χ3v) is 14.9. The minimum atomic E-state index is -0.475. The molecular formula is C63H72N4O13S. The van der Waals surface area contributed by atoms with Gasteiger partial charge in [0.05, 0.1) is 66.5 Å². The Morgan fingerprint density at radius 2 is 1.02 bits per heavy atom. The van der Waals surface area contributed by atoms with Gasteiger partial charge in [-0.25, -0.2) is 14.8 Å². The second kappa shape index (κ2) is 31.6. The number of hydrazone groups is 1. The zero-order chi connectivity index (χ0) is 57.3. The van der Waals surface area contributed by atoms with Crippen molar-refractivity contribution in [3.63, 3.8) is 0 Å². The Kier molecular flexibility index (Phi) is 23.6. The summed E-state index contributed by atoms with van der Waals surface area (Å²) in [7, 11) is 0. The summed E-state index contributed by atoms with van der Waals surface area (Å²) in [6.07, 6.45) is 14.7. The summed E-state index contributed by atoms with van der Waals surface area (Å²) in [6.45, 7) is 14.8. The number of carbonyl (C=O) groups excluding carboxylic acids is 5. The van der Waals surface area contributed by atoms with Crippen molar-refractivity contribution >= 4 is 68.6 Å². The third kappa shape index (κ3) is 19.3. The number of thiazole rings is 1. The number of unbranched alkanes of at least 4 members (excludes halogenated alkanes) is 6. The van der Waals surface area contributed by atoms with Crippen LogP contribution < -0.4 is 33.4 Å². The molecule has 2 aliphatic carbocycles. The molecule has 1 aromatic heterocycles. The maximum absolute atomic E-state index is 13.9. The molecule has 18 heteroatoms. The van der Waals surface area contributed by atoms with Gasteiger partial charge < -0.3 is 37.9 Å². The molecule has 1 heterocycles. The van der Waals surface area contributed by atoms with Crippen LogP contribution in [-0.2, 0) is 33.4 Å². The SMILES string of the molecule is C=CC(=N)OCCCCCCOc1ccc(OC(=O)[C@H]2CC[C@H](C(=O)Oc3ccc(OC(=O)[C@H]4CC[C@H](C(=O)Oc5ccc(OCCCCCCOC(=O)C=C)cc5)CC4)cc3/C=N\N(C(=C)C)c3nc4ccccc4s3)CC2)cc1. The largest absolute Gasteiger partial charge is 0.494 e. The normalized spacial score (nSPS) is 16.8. The van der Waals surface area contributed by atoms with Gasteiger partial charge in [0.15, 0.2) is 0 Å². The zero-order valence-electron chi connectivity index (χ0n) is 46.0. The van der Waals surface area contributed by atoms with Gasteiger partial charge in [0, 0.05) is 17.3 Å². The molecule has 1 N–H and O–H groups in total. The lowest BCUT2D eigenvalue weighted by molar-refractivity contribution is -0.145. The van der Waals surface area contributed by atoms with Gasteiger partial charge in [0.2, 0.25) is 11.0 Å². The lowest BCUT2D eigenvalue weighted by Gasteiger charge is -2.26. The first-order chi connectivity index (χ1) is 39.3. The summed E-state index contributed by atoms with van der Waals surface area (Å²) in [5.41, 5.74) is 1.75. The van der Waals surface area contributed by atoms with Gasteiger partial charge in [-0.2, -0.15) is 5.10 Å². The van der Waals surface area contributed by atoms with E-state index in [0.717, 1.165) is 67.7 Å². The van der Waals surface area contributed by atoms with Crippen molar-refractivity contribution in [3.05, 3.63) is 134 Å². The Morgan fingerprint density at radius 3 is 1.51 bits per heavy atom. The van der Waals surface area contributed by atoms with Crippen LogP contribution in [0.5, 0.6) is 34.5 Å². The number of hydrogen-bond donors (Lipinski definition) is 1. The quantitative estimate of drug-likeness (QED) is 0.00862. The predicted molar refractivity (Wildman–Crippen MR) is 310 cm³/mol. The molecule has 2 fully saturated rings. The standard InChI is InChI=1S/C63H72N4O13S/c1-5-57(64)75-39-15-9-7-13-37-73-49-27-33-52(34-28-49)78-60(70)45-23-25-47(26-24-45)62(72)80-55-36-35-53(41-48(55)42-65-67(43(3)4)63-66-54-17-11-12-18-56(54)81-63)79-61(71)46-21-19-44(20-22-46)59(69)77-51-31-29-50(30-32-51)74-38-14-8-10-16-40-76-58(68)6-2/h5-6,11-12,17-18,27-36,41-42,44-47,64H,1-3,7-10,13-16,19-26,37-40H2,4H3/b64-57?,65-42-/t44-,45-,46-,47-. The van der Waals surface area contributed by atoms with Crippen LogP contribution in [0.1, 0.15) is 115 Å². The first-order valence-electron chi connectivity index (χ1n) is 27.8. The fourth-order valence-corrected chi connectivity index (χ4v) is 10.3. The van der Waals surface area contributed by atoms with E-state index in [9.17, 15) is 24.0 Å². The predicted octanol–water partition coefficient (Wildman–Crippen LogP) is 13.1. The zero-order valence-corrected chi connectivity index (χ0v) is 46.8. The summed E-state index contributed by atoms with van der Waals surface area (Å²) in [4.78, 5) is 69.9. The number of fused-ring (bicyclic) bond motifs is 1. The maximum atomic E-state index is 13.9. The van der Waals surface area contributed by atoms with Gasteiger partial charge in [0.25, 0.3) is 0 Å². The number of para-hydroxylation sites is 1. The number of ether oxygens (including phenoxy) is 8. The van der Waals surface area contributed by atoms with Crippen LogP contribution in [0.15, 0.2) is 134 Å². The number of benzene rings is 4. The Hall–Kier alpha value is -8.12. The van der Waals surface area contributed by atoms with E-state index in [1.165, 1.54) is 23.6 Å². The van der Waals surface area contributed by atoms with Crippen molar-refractivity contribution in [2.75, 3.05) is 31.4 Å². The Labute approximate surface area is 477 Å². The van der Waals surface area contributed by atoms with Crippen molar-refractivity contribution in [3.8, 4) is 34.5 Å². The molecular weight excluding hydrogens is 1050 g/mol. The fourth-order valence-electron chi connectivity index (χ4n) is 9.26. The summed E-state index contributed by atoms with van der Waals surface area (Å²) >= 11 is 1.44. The number of hydrogen-bond acceptors (Lipinski definition) is 18. The molecule has 0 saturated heterocycles. The lowest BCUT2D eigenvalue weighted by Crippen LogP contribution is -2.30. The highest BCUT2D eigenvalue weighted by molar-refractivity contribution is 7.22. The van der Waals surface area contributed by atoms with E-state index in [2.05, 4.69) is 19.7 Å². The maximum Gasteiger partial charge on any atom is 0.330 e. The number of rotatable bonds is 30. The van der Waals surface area contributed by atoms with Gasteiger partial charge in [-0.05, 0) is 195 Å². The fraction of sp³-hybridized carbons (Fsp3) is 0.397. The molecule has 2 saturated carbocycles.